The Labute approximate surface area is 317 Å². The molecule has 3 fully saturated rings. The van der Waals surface area contributed by atoms with E-state index in [2.05, 4.69) is 32.5 Å². The van der Waals surface area contributed by atoms with Gasteiger partial charge < -0.3 is 35.0 Å². The van der Waals surface area contributed by atoms with Crippen molar-refractivity contribution in [1.29, 1.82) is 0 Å². The predicted octanol–water partition coefficient (Wildman–Crippen LogP) is 7.32. The van der Waals surface area contributed by atoms with Gasteiger partial charge >= 0.3 is 6.09 Å². The zero-order valence-electron chi connectivity index (χ0n) is 31.6. The number of alkyl halides is 2. The summed E-state index contributed by atoms with van der Waals surface area (Å²) in [7, 11) is 2.70. The second-order valence-corrected chi connectivity index (χ2v) is 16.0. The molecule has 0 radical (unpaired) electrons. The molecule has 9 rings (SSSR count). The molecule has 4 aliphatic rings. The van der Waals surface area contributed by atoms with Crippen molar-refractivity contribution in [2.24, 2.45) is 5.92 Å². The monoisotopic (exact) mass is 749 g/mol. The Bertz CT molecular complexity index is 2360. The second-order valence-electron chi connectivity index (χ2n) is 16.0. The first-order valence-corrected chi connectivity index (χ1v) is 19.0. The van der Waals surface area contributed by atoms with E-state index >= 15 is 8.78 Å². The number of rotatable bonds is 8. The molecule has 2 aromatic heterocycles. The van der Waals surface area contributed by atoms with Gasteiger partial charge in [0.25, 0.3) is 5.92 Å². The molecule has 5 aromatic rings. The number of halogens is 2. The largest absolute Gasteiger partial charge is 0.453 e. The third-order valence-corrected chi connectivity index (χ3v) is 12.9. The fourth-order valence-electron chi connectivity index (χ4n) is 9.62. The molecule has 1 saturated carbocycles. The second kappa shape index (κ2) is 12.7. The van der Waals surface area contributed by atoms with Gasteiger partial charge in [0.1, 0.15) is 17.7 Å². The van der Waals surface area contributed by atoms with Gasteiger partial charge in [-0.25, -0.2) is 14.8 Å². The number of H-pyrrole nitrogens is 2. The van der Waals surface area contributed by atoms with Gasteiger partial charge in [0.05, 0.1) is 47.2 Å². The third kappa shape index (κ3) is 5.48. The number of aromatic amines is 2. The number of likely N-dealkylation sites (tertiary alicyclic amines) is 1. The van der Waals surface area contributed by atoms with Crippen LogP contribution in [0.15, 0.2) is 60.8 Å². The third-order valence-electron chi connectivity index (χ3n) is 12.9. The van der Waals surface area contributed by atoms with Crippen LogP contribution in [0.4, 0.5) is 13.6 Å². The molecule has 286 valence electrons. The molecule has 2 aliphatic carbocycles. The highest BCUT2D eigenvalue weighted by atomic mass is 19.3. The van der Waals surface area contributed by atoms with Crippen LogP contribution in [0.5, 0.6) is 0 Å². The Kier molecular flexibility index (Phi) is 8.21. The Hall–Kier alpha value is -5.14. The number of methoxy groups -OCH3 is 2. The van der Waals surface area contributed by atoms with Crippen molar-refractivity contribution in [2.45, 2.75) is 88.1 Å². The molecule has 2 aliphatic heterocycles. The number of imidazole rings is 2. The van der Waals surface area contributed by atoms with Crippen molar-refractivity contribution in [3.63, 3.8) is 0 Å². The van der Waals surface area contributed by atoms with Gasteiger partial charge in [-0.05, 0) is 105 Å². The van der Waals surface area contributed by atoms with Crippen LogP contribution in [-0.2, 0) is 31.3 Å². The summed E-state index contributed by atoms with van der Waals surface area (Å²) in [5, 5.41) is 6.38. The quantitative estimate of drug-likeness (QED) is 0.131. The molecular weight excluding hydrogens is 705 g/mol. The number of amides is 2. The van der Waals surface area contributed by atoms with Crippen molar-refractivity contribution in [3.8, 4) is 33.5 Å². The summed E-state index contributed by atoms with van der Waals surface area (Å²) in [6, 6.07) is 15.9. The van der Waals surface area contributed by atoms with Gasteiger partial charge in [-0.2, -0.15) is 8.78 Å². The van der Waals surface area contributed by atoms with E-state index in [1.54, 1.807) is 36.2 Å². The number of ether oxygens (including phenoxy) is 2. The average Bonchev–Trinajstić information content (AvgIpc) is 4.05. The molecular formula is C42H45F2N7O4. The molecule has 55 heavy (non-hydrogen) atoms. The first-order valence-electron chi connectivity index (χ1n) is 19.0. The summed E-state index contributed by atoms with van der Waals surface area (Å²) in [5.41, 5.74) is 4.29. The summed E-state index contributed by atoms with van der Waals surface area (Å²) >= 11 is 0. The van der Waals surface area contributed by atoms with Gasteiger partial charge in [0, 0.05) is 36.4 Å². The van der Waals surface area contributed by atoms with Crippen LogP contribution in [0.1, 0.15) is 75.7 Å². The van der Waals surface area contributed by atoms with E-state index in [0.29, 0.717) is 65.1 Å². The molecule has 3 aromatic carbocycles. The SMILES string of the molecule is COC(=O)N[C@H](C(=O)N1CCC[C@@]1(C)c1ncc(-c2ccc3c(c2)C(F)(F)c2cc(-c4ccc5nc([C@@]6(C)N[C@@H]7CC[C@H]6C7)[nH]c5c4)ccc2-3)[nH]1)[C@@H](C)OC. The van der Waals surface area contributed by atoms with Gasteiger partial charge in [-0.15, -0.1) is 0 Å². The van der Waals surface area contributed by atoms with Crippen LogP contribution in [0.2, 0.25) is 0 Å². The van der Waals surface area contributed by atoms with Crippen molar-refractivity contribution < 1.29 is 27.8 Å². The summed E-state index contributed by atoms with van der Waals surface area (Å²) < 4.78 is 43.1. The van der Waals surface area contributed by atoms with Crippen molar-refractivity contribution in [2.75, 3.05) is 20.8 Å². The number of fused-ring (bicyclic) bond motifs is 6. The van der Waals surface area contributed by atoms with Crippen LogP contribution < -0.4 is 10.6 Å². The maximum Gasteiger partial charge on any atom is 0.407 e. The van der Waals surface area contributed by atoms with Crippen LogP contribution in [0.3, 0.4) is 0 Å². The molecule has 2 amide bonds. The molecule has 4 heterocycles. The number of alkyl carbamates (subject to hydrolysis) is 1. The summed E-state index contributed by atoms with van der Waals surface area (Å²) in [6.07, 6.45) is 5.16. The lowest BCUT2D eigenvalue weighted by Crippen LogP contribution is -2.57. The number of nitrogens with one attached hydrogen (secondary N) is 4. The van der Waals surface area contributed by atoms with Crippen LogP contribution in [0, 0.1) is 5.92 Å². The summed E-state index contributed by atoms with van der Waals surface area (Å²) in [5.74, 6) is -1.55. The molecule has 13 heteroatoms. The number of hydrogen-bond acceptors (Lipinski definition) is 7. The zero-order valence-corrected chi connectivity index (χ0v) is 31.6. The Morgan fingerprint density at radius 2 is 1.65 bits per heavy atom. The molecule has 4 N–H and O–H groups in total. The van der Waals surface area contributed by atoms with E-state index in [9.17, 15) is 9.59 Å². The van der Waals surface area contributed by atoms with E-state index in [0.717, 1.165) is 22.4 Å². The van der Waals surface area contributed by atoms with Crippen molar-refractivity contribution in [1.82, 2.24) is 35.5 Å². The van der Waals surface area contributed by atoms with E-state index in [1.165, 1.54) is 39.5 Å². The molecule has 0 unspecified atom stereocenters. The molecule has 11 nitrogen and oxygen atoms in total. The van der Waals surface area contributed by atoms with Crippen LogP contribution >= 0.6 is 0 Å². The minimum Gasteiger partial charge on any atom is -0.453 e. The molecule has 2 saturated heterocycles. The van der Waals surface area contributed by atoms with Crippen molar-refractivity contribution >= 4 is 23.0 Å². The Morgan fingerprint density at radius 3 is 2.35 bits per heavy atom. The summed E-state index contributed by atoms with van der Waals surface area (Å²) in [4.78, 5) is 44.2. The highest BCUT2D eigenvalue weighted by Gasteiger charge is 2.51. The topological polar surface area (TPSA) is 137 Å². The van der Waals surface area contributed by atoms with Gasteiger partial charge in [-0.3, -0.25) is 4.79 Å². The Morgan fingerprint density at radius 1 is 0.945 bits per heavy atom. The van der Waals surface area contributed by atoms with E-state index in [-0.39, 0.29) is 22.6 Å². The van der Waals surface area contributed by atoms with Gasteiger partial charge in [0.2, 0.25) is 5.91 Å². The number of benzene rings is 3. The minimum atomic E-state index is -3.23. The van der Waals surface area contributed by atoms with E-state index in [4.69, 9.17) is 14.5 Å². The zero-order chi connectivity index (χ0) is 38.4. The Balaban J connectivity index is 0.979. The van der Waals surface area contributed by atoms with Crippen LogP contribution in [-0.4, -0.2) is 75.8 Å². The van der Waals surface area contributed by atoms with Crippen molar-refractivity contribution in [3.05, 3.63) is 83.6 Å². The first-order chi connectivity index (χ1) is 26.3. The standard InChI is InChI=1S/C42H45F2N7O4/c1-22(54-4)35(49-39(53)55-5)36(52)51-16-6-15-40(51,2)37-45-21-34(48-37)25-8-13-29-28-12-7-23(17-30(28)42(43,44)31(29)18-25)24-9-14-32-33(19-24)47-38(46-32)41(3)26-10-11-27(20-26)50-41/h7-9,12-14,17-19,21-22,26-27,35,50H,6,10-11,15-16,20H2,1-5H3,(H,45,48)(H,46,47)(H,49,53)/t22-,26+,27-,35+,40+,41+/m1/s1. The molecule has 6 atom stereocenters. The normalized spacial score (nSPS) is 25.9. The highest BCUT2D eigenvalue weighted by Crippen LogP contribution is 2.53. The maximum atomic E-state index is 16.5. The highest BCUT2D eigenvalue weighted by molar-refractivity contribution is 5.88. The number of hydrogen-bond donors (Lipinski definition) is 4. The smallest absolute Gasteiger partial charge is 0.407 e. The number of carbonyl (C=O) groups is 2. The fourth-order valence-corrected chi connectivity index (χ4v) is 9.62. The van der Waals surface area contributed by atoms with Gasteiger partial charge in [0.15, 0.2) is 0 Å². The van der Waals surface area contributed by atoms with Crippen LogP contribution in [0.25, 0.3) is 44.5 Å². The summed E-state index contributed by atoms with van der Waals surface area (Å²) in [6.45, 7) is 6.29. The lowest BCUT2D eigenvalue weighted by molar-refractivity contribution is -0.140. The van der Waals surface area contributed by atoms with E-state index in [1.807, 2.05) is 37.3 Å². The number of carbonyl (C=O) groups excluding carboxylic acids is 2. The minimum absolute atomic E-state index is 0.0282. The van der Waals surface area contributed by atoms with Gasteiger partial charge in [-0.1, -0.05) is 30.3 Å². The number of aromatic nitrogens is 4. The molecule has 0 spiro atoms. The maximum absolute atomic E-state index is 16.5. The average molecular weight is 750 g/mol. The van der Waals surface area contributed by atoms with E-state index < -0.39 is 29.7 Å². The lowest BCUT2D eigenvalue weighted by Gasteiger charge is -2.37. The number of nitrogens with zero attached hydrogens (tertiary/aromatic N) is 3. The fraction of sp³-hybridized carbons (Fsp3) is 0.429. The lowest BCUT2D eigenvalue weighted by atomic mass is 9.85. The number of piperidine rings is 1. The molecule has 2 bridgehead atoms. The first kappa shape index (κ1) is 35.6. The predicted molar refractivity (Wildman–Crippen MR) is 203 cm³/mol.